The molecule has 1 heterocycles. The van der Waals surface area contributed by atoms with Crippen LogP contribution in [-0.2, 0) is 9.53 Å². The molecule has 0 aromatic carbocycles. The number of rotatable bonds is 6. The number of nitrogens with zero attached hydrogens (tertiary/aromatic N) is 1. The highest BCUT2D eigenvalue weighted by Crippen LogP contribution is 2.40. The predicted octanol–water partition coefficient (Wildman–Crippen LogP) is 3.54. The van der Waals surface area contributed by atoms with Crippen molar-refractivity contribution in [1.82, 2.24) is 4.98 Å². The third-order valence-electron chi connectivity index (χ3n) is 4.78. The molecule has 1 saturated carbocycles. The third-order valence-corrected chi connectivity index (χ3v) is 4.78. The smallest absolute Gasteiger partial charge is 0.309 e. The molecule has 1 aliphatic carbocycles. The maximum Gasteiger partial charge on any atom is 0.309 e. The molecule has 0 saturated heterocycles. The number of hydrogen-bond acceptors (Lipinski definition) is 3. The van der Waals surface area contributed by atoms with Gasteiger partial charge in [-0.3, -0.25) is 4.79 Å². The maximum atomic E-state index is 13.6. The van der Waals surface area contributed by atoms with E-state index in [0.717, 1.165) is 31.2 Å². The molecule has 1 atom stereocenters. The summed E-state index contributed by atoms with van der Waals surface area (Å²) >= 11 is 0. The number of aliphatic carboxylic acids is 1. The quantitative estimate of drug-likeness (QED) is 0.817. The topological polar surface area (TPSA) is 59.4 Å². The van der Waals surface area contributed by atoms with Gasteiger partial charge in [-0.1, -0.05) is 0 Å². The summed E-state index contributed by atoms with van der Waals surface area (Å²) < 4.78 is 18.9. The molecule has 2 rings (SSSR count). The SMILES string of the molecule is CCOCC(C(=O)O)[C@H]1CC[C@@H](c2ccnc(F)c2C)CC1. The van der Waals surface area contributed by atoms with Gasteiger partial charge in [-0.25, -0.2) is 4.98 Å². The highest BCUT2D eigenvalue weighted by Gasteiger charge is 2.33. The van der Waals surface area contributed by atoms with Gasteiger partial charge in [0.25, 0.3) is 0 Å². The van der Waals surface area contributed by atoms with Crippen molar-refractivity contribution in [2.24, 2.45) is 11.8 Å². The molecule has 0 radical (unpaired) electrons. The Morgan fingerprint density at radius 2 is 2.14 bits per heavy atom. The van der Waals surface area contributed by atoms with Gasteiger partial charge < -0.3 is 9.84 Å². The van der Waals surface area contributed by atoms with Gasteiger partial charge in [0, 0.05) is 18.4 Å². The molecule has 1 fully saturated rings. The lowest BCUT2D eigenvalue weighted by Gasteiger charge is -2.32. The second kappa shape index (κ2) is 7.68. The number of carboxylic acid groups (broad SMARTS) is 1. The Morgan fingerprint density at radius 1 is 1.45 bits per heavy atom. The van der Waals surface area contributed by atoms with Crippen molar-refractivity contribution in [3.63, 3.8) is 0 Å². The first-order chi connectivity index (χ1) is 10.5. The van der Waals surface area contributed by atoms with Gasteiger partial charge in [-0.2, -0.15) is 4.39 Å². The average molecular weight is 309 g/mol. The van der Waals surface area contributed by atoms with Crippen molar-refractivity contribution < 1.29 is 19.0 Å². The number of ether oxygens (including phenoxy) is 1. The zero-order valence-electron chi connectivity index (χ0n) is 13.2. The number of carboxylic acids is 1. The van der Waals surface area contributed by atoms with Crippen LogP contribution in [0.25, 0.3) is 0 Å². The molecular weight excluding hydrogens is 285 g/mol. The van der Waals surface area contributed by atoms with Crippen LogP contribution in [0.4, 0.5) is 4.39 Å². The van der Waals surface area contributed by atoms with Gasteiger partial charge in [-0.15, -0.1) is 0 Å². The van der Waals surface area contributed by atoms with Crippen LogP contribution in [0.5, 0.6) is 0 Å². The van der Waals surface area contributed by atoms with Gasteiger partial charge in [0.15, 0.2) is 0 Å². The molecule has 1 unspecified atom stereocenters. The number of pyridine rings is 1. The van der Waals surface area contributed by atoms with Crippen LogP contribution in [0.15, 0.2) is 12.3 Å². The second-order valence-corrected chi connectivity index (χ2v) is 6.03. The number of carbonyl (C=O) groups is 1. The van der Waals surface area contributed by atoms with Crippen LogP contribution < -0.4 is 0 Å². The van der Waals surface area contributed by atoms with Crippen LogP contribution in [0.3, 0.4) is 0 Å². The summed E-state index contributed by atoms with van der Waals surface area (Å²) in [4.78, 5) is 15.1. The van der Waals surface area contributed by atoms with Gasteiger partial charge in [-0.05, 0) is 63.0 Å². The fourth-order valence-electron chi connectivity index (χ4n) is 3.45. The lowest BCUT2D eigenvalue weighted by molar-refractivity contribution is -0.146. The van der Waals surface area contributed by atoms with E-state index in [1.165, 1.54) is 6.20 Å². The van der Waals surface area contributed by atoms with Gasteiger partial charge in [0.1, 0.15) is 0 Å². The van der Waals surface area contributed by atoms with Gasteiger partial charge >= 0.3 is 5.97 Å². The largest absolute Gasteiger partial charge is 0.481 e. The molecule has 4 nitrogen and oxygen atoms in total. The van der Waals surface area contributed by atoms with Crippen molar-refractivity contribution in [2.45, 2.75) is 45.4 Å². The average Bonchev–Trinajstić information content (AvgIpc) is 2.51. The van der Waals surface area contributed by atoms with Crippen LogP contribution in [0.2, 0.25) is 0 Å². The third kappa shape index (κ3) is 3.83. The molecule has 122 valence electrons. The highest BCUT2D eigenvalue weighted by molar-refractivity contribution is 5.70. The predicted molar refractivity (Wildman–Crippen MR) is 81.2 cm³/mol. The molecule has 5 heteroatoms. The van der Waals surface area contributed by atoms with E-state index in [0.29, 0.717) is 18.1 Å². The van der Waals surface area contributed by atoms with Crippen LogP contribution >= 0.6 is 0 Å². The van der Waals surface area contributed by atoms with E-state index in [-0.39, 0.29) is 12.5 Å². The summed E-state index contributed by atoms with van der Waals surface area (Å²) in [6, 6.07) is 1.89. The van der Waals surface area contributed by atoms with Crippen LogP contribution in [-0.4, -0.2) is 29.3 Å². The fraction of sp³-hybridized carbons (Fsp3) is 0.647. The molecular formula is C17H24FNO3. The first-order valence-electron chi connectivity index (χ1n) is 7.96. The molecule has 0 amide bonds. The molecule has 1 aromatic heterocycles. The Morgan fingerprint density at radius 3 is 2.73 bits per heavy atom. The molecule has 0 bridgehead atoms. The van der Waals surface area contributed by atoms with E-state index in [1.807, 2.05) is 13.0 Å². The summed E-state index contributed by atoms with van der Waals surface area (Å²) in [5.74, 6) is -1.17. The van der Waals surface area contributed by atoms with Crippen molar-refractivity contribution >= 4 is 5.97 Å². The Labute approximate surface area is 130 Å². The second-order valence-electron chi connectivity index (χ2n) is 6.03. The molecule has 22 heavy (non-hydrogen) atoms. The summed E-state index contributed by atoms with van der Waals surface area (Å²) in [5, 5.41) is 9.38. The maximum absolute atomic E-state index is 13.6. The standard InChI is InChI=1S/C17H24FNO3/c1-3-22-10-15(17(20)21)13-6-4-12(5-7-13)14-8-9-19-16(18)11(14)2/h8-9,12-13,15H,3-7,10H2,1-2H3,(H,20,21)/t12-,13+,15?. The lowest BCUT2D eigenvalue weighted by Crippen LogP contribution is -2.31. The van der Waals surface area contributed by atoms with Crippen molar-refractivity contribution in [3.8, 4) is 0 Å². The van der Waals surface area contributed by atoms with Crippen molar-refractivity contribution in [1.29, 1.82) is 0 Å². The zero-order chi connectivity index (χ0) is 16.1. The molecule has 1 aromatic rings. The fourth-order valence-corrected chi connectivity index (χ4v) is 3.45. The minimum absolute atomic E-state index is 0.146. The Hall–Kier alpha value is -1.49. The van der Waals surface area contributed by atoms with Crippen molar-refractivity contribution in [3.05, 3.63) is 29.3 Å². The van der Waals surface area contributed by atoms with E-state index in [4.69, 9.17) is 4.74 Å². The summed E-state index contributed by atoms with van der Waals surface area (Å²) in [6.07, 6.45) is 4.99. The Balaban J connectivity index is 2.00. The van der Waals surface area contributed by atoms with E-state index in [9.17, 15) is 14.3 Å². The van der Waals surface area contributed by atoms with Crippen LogP contribution in [0.1, 0.15) is 49.7 Å². The first kappa shape index (κ1) is 16.9. The lowest BCUT2D eigenvalue weighted by atomic mass is 9.73. The minimum atomic E-state index is -0.775. The van der Waals surface area contributed by atoms with E-state index in [2.05, 4.69) is 4.98 Å². The zero-order valence-corrected chi connectivity index (χ0v) is 13.2. The van der Waals surface area contributed by atoms with E-state index < -0.39 is 17.8 Å². The summed E-state index contributed by atoms with van der Waals surface area (Å²) in [6.45, 7) is 4.45. The van der Waals surface area contributed by atoms with Gasteiger partial charge in [0.05, 0.1) is 12.5 Å². The molecule has 0 spiro atoms. The van der Waals surface area contributed by atoms with E-state index >= 15 is 0 Å². The molecule has 1 N–H and O–H groups in total. The van der Waals surface area contributed by atoms with E-state index in [1.54, 1.807) is 6.92 Å². The highest BCUT2D eigenvalue weighted by atomic mass is 19.1. The number of aromatic nitrogens is 1. The normalized spacial score (nSPS) is 23.2. The van der Waals surface area contributed by atoms with Crippen LogP contribution in [0, 0.1) is 24.7 Å². The number of hydrogen-bond donors (Lipinski definition) is 1. The van der Waals surface area contributed by atoms with Crippen molar-refractivity contribution in [2.75, 3.05) is 13.2 Å². The minimum Gasteiger partial charge on any atom is -0.481 e. The molecule has 1 aliphatic rings. The molecule has 0 aliphatic heterocycles. The van der Waals surface area contributed by atoms with Gasteiger partial charge in [0.2, 0.25) is 5.95 Å². The Bertz CT molecular complexity index is 513. The first-order valence-corrected chi connectivity index (χ1v) is 7.96. The number of halogens is 1. The summed E-state index contributed by atoms with van der Waals surface area (Å²) in [5.41, 5.74) is 1.64. The monoisotopic (exact) mass is 309 g/mol. The summed E-state index contributed by atoms with van der Waals surface area (Å²) in [7, 11) is 0. The Kier molecular flexibility index (Phi) is 5.89.